The first-order valence-corrected chi connectivity index (χ1v) is 4.97. The molecule has 1 rings (SSSR count). The molecule has 0 saturated carbocycles. The first-order valence-electron chi connectivity index (χ1n) is 3.79. The molecule has 14 heavy (non-hydrogen) atoms. The van der Waals surface area contributed by atoms with Crippen molar-refractivity contribution in [2.24, 2.45) is 0 Å². The number of nitrogens with zero attached hydrogens (tertiary/aromatic N) is 1. The highest BCUT2D eigenvalue weighted by Gasteiger charge is 2.22. The monoisotopic (exact) mass is 278 g/mol. The fourth-order valence-corrected chi connectivity index (χ4v) is 1.73. The number of hydrogen-bond acceptors (Lipinski definition) is 3. The van der Waals surface area contributed by atoms with Gasteiger partial charge in [0.1, 0.15) is 10.7 Å². The zero-order chi connectivity index (χ0) is 10.9. The molecule has 0 bridgehead atoms. The van der Waals surface area contributed by atoms with Gasteiger partial charge in [-0.15, -0.1) is 0 Å². The molecule has 0 amide bonds. The summed E-state index contributed by atoms with van der Waals surface area (Å²) in [6.07, 6.45) is 0. The number of nitro groups is 1. The number of rotatable bonds is 2. The molecule has 0 heterocycles. The van der Waals surface area contributed by atoms with E-state index in [4.69, 9.17) is 11.6 Å². The second kappa shape index (κ2) is 4.14. The van der Waals surface area contributed by atoms with Crippen LogP contribution in [0.2, 0.25) is 5.02 Å². The summed E-state index contributed by atoms with van der Waals surface area (Å²) in [7, 11) is 1.62. The van der Waals surface area contributed by atoms with Crippen LogP contribution in [0, 0.1) is 17.0 Å². The summed E-state index contributed by atoms with van der Waals surface area (Å²) in [6, 6.07) is 1.67. The minimum atomic E-state index is -0.502. The highest BCUT2D eigenvalue weighted by atomic mass is 79.9. The number of hydrogen-bond donors (Lipinski definition) is 1. The van der Waals surface area contributed by atoms with Crippen molar-refractivity contribution < 1.29 is 4.92 Å². The van der Waals surface area contributed by atoms with E-state index in [1.54, 1.807) is 13.1 Å². The van der Waals surface area contributed by atoms with Gasteiger partial charge in [0.2, 0.25) is 0 Å². The minimum Gasteiger partial charge on any atom is -0.383 e. The smallest absolute Gasteiger partial charge is 0.311 e. The quantitative estimate of drug-likeness (QED) is 0.667. The first kappa shape index (κ1) is 11.3. The second-order valence-electron chi connectivity index (χ2n) is 2.72. The van der Waals surface area contributed by atoms with Crippen LogP contribution in [0.3, 0.4) is 0 Å². The van der Waals surface area contributed by atoms with Crippen LogP contribution >= 0.6 is 27.5 Å². The molecule has 1 N–H and O–H groups in total. The van der Waals surface area contributed by atoms with Gasteiger partial charge in [-0.25, -0.2) is 0 Å². The summed E-state index contributed by atoms with van der Waals surface area (Å²) in [6.45, 7) is 1.82. The van der Waals surface area contributed by atoms with E-state index in [2.05, 4.69) is 21.2 Å². The SMILES string of the molecule is CNc1cc(C)c(Br)c(Cl)c1[N+](=O)[O-]. The van der Waals surface area contributed by atoms with E-state index < -0.39 is 4.92 Å². The van der Waals surface area contributed by atoms with Crippen LogP contribution in [0.15, 0.2) is 10.5 Å². The second-order valence-corrected chi connectivity index (χ2v) is 3.90. The Morgan fingerprint density at radius 3 is 2.64 bits per heavy atom. The molecule has 0 fully saturated rings. The van der Waals surface area contributed by atoms with Gasteiger partial charge in [0, 0.05) is 11.5 Å². The van der Waals surface area contributed by atoms with Crippen molar-refractivity contribution in [2.45, 2.75) is 6.92 Å². The first-order chi connectivity index (χ1) is 6.49. The molecular weight excluding hydrogens is 271 g/mol. The Morgan fingerprint density at radius 2 is 2.21 bits per heavy atom. The summed E-state index contributed by atoms with van der Waals surface area (Å²) in [5.41, 5.74) is 1.16. The highest BCUT2D eigenvalue weighted by Crippen LogP contribution is 2.40. The van der Waals surface area contributed by atoms with E-state index in [-0.39, 0.29) is 10.7 Å². The Hall–Kier alpha value is -0.810. The van der Waals surface area contributed by atoms with Crippen molar-refractivity contribution in [1.29, 1.82) is 0 Å². The maximum Gasteiger partial charge on any atom is 0.311 e. The lowest BCUT2D eigenvalue weighted by atomic mass is 10.2. The summed E-state index contributed by atoms with van der Waals surface area (Å²) < 4.78 is 0.560. The van der Waals surface area contributed by atoms with Gasteiger partial charge in [0.05, 0.1) is 4.92 Å². The summed E-state index contributed by atoms with van der Waals surface area (Å²) in [5, 5.41) is 13.6. The molecule has 76 valence electrons. The van der Waals surface area contributed by atoms with E-state index in [9.17, 15) is 10.1 Å². The molecule has 0 radical (unpaired) electrons. The Bertz CT molecular complexity index is 395. The molecule has 0 atom stereocenters. The maximum absolute atomic E-state index is 10.7. The predicted molar refractivity (Wildman–Crippen MR) is 60.1 cm³/mol. The van der Waals surface area contributed by atoms with Crippen molar-refractivity contribution in [2.75, 3.05) is 12.4 Å². The highest BCUT2D eigenvalue weighted by molar-refractivity contribution is 9.10. The Kier molecular flexibility index (Phi) is 3.34. The van der Waals surface area contributed by atoms with Gasteiger partial charge < -0.3 is 5.32 Å². The predicted octanol–water partition coefficient (Wildman–Crippen LogP) is 3.36. The number of aryl methyl sites for hydroxylation is 1. The number of benzene rings is 1. The molecule has 0 spiro atoms. The van der Waals surface area contributed by atoms with Gasteiger partial charge in [0.15, 0.2) is 0 Å². The van der Waals surface area contributed by atoms with E-state index >= 15 is 0 Å². The maximum atomic E-state index is 10.7. The Morgan fingerprint density at radius 1 is 1.64 bits per heavy atom. The molecule has 4 nitrogen and oxygen atoms in total. The third-order valence-electron chi connectivity index (χ3n) is 1.81. The molecule has 0 saturated heterocycles. The molecule has 1 aromatic rings. The lowest BCUT2D eigenvalue weighted by Gasteiger charge is -2.07. The van der Waals surface area contributed by atoms with Crippen molar-refractivity contribution in [1.82, 2.24) is 0 Å². The average molecular weight is 280 g/mol. The van der Waals surface area contributed by atoms with E-state index in [1.165, 1.54) is 0 Å². The van der Waals surface area contributed by atoms with Crippen LogP contribution in [0.5, 0.6) is 0 Å². The molecule has 0 aliphatic heterocycles. The lowest BCUT2D eigenvalue weighted by Crippen LogP contribution is -1.99. The van der Waals surface area contributed by atoms with Gasteiger partial charge in [-0.2, -0.15) is 0 Å². The van der Waals surface area contributed by atoms with Crippen LogP contribution < -0.4 is 5.32 Å². The zero-order valence-corrected chi connectivity index (χ0v) is 9.94. The van der Waals surface area contributed by atoms with Gasteiger partial charge in [-0.1, -0.05) is 11.6 Å². The molecule has 0 unspecified atom stereocenters. The molecular formula is C8H8BrClN2O2. The molecule has 0 aliphatic rings. The van der Waals surface area contributed by atoms with Crippen LogP contribution in [0.1, 0.15) is 5.56 Å². The number of nitro benzene ring substituents is 1. The molecule has 1 aromatic carbocycles. The molecule has 6 heteroatoms. The fraction of sp³-hybridized carbons (Fsp3) is 0.250. The fourth-order valence-electron chi connectivity index (χ4n) is 1.11. The van der Waals surface area contributed by atoms with Crippen molar-refractivity contribution >= 4 is 38.9 Å². The largest absolute Gasteiger partial charge is 0.383 e. The van der Waals surface area contributed by atoms with Crippen molar-refractivity contribution in [3.05, 3.63) is 31.2 Å². The van der Waals surface area contributed by atoms with E-state index in [0.717, 1.165) is 5.56 Å². The number of halogens is 2. The number of anilines is 1. The van der Waals surface area contributed by atoms with Crippen LogP contribution in [-0.2, 0) is 0 Å². The Balaban J connectivity index is 3.53. The third kappa shape index (κ3) is 1.83. The molecule has 0 aliphatic carbocycles. The zero-order valence-electron chi connectivity index (χ0n) is 7.60. The third-order valence-corrected chi connectivity index (χ3v) is 3.43. The number of nitrogens with one attached hydrogen (secondary N) is 1. The van der Waals surface area contributed by atoms with Gasteiger partial charge in [-0.3, -0.25) is 10.1 Å². The van der Waals surface area contributed by atoms with Crippen LogP contribution in [-0.4, -0.2) is 12.0 Å². The van der Waals surface area contributed by atoms with Crippen LogP contribution in [0.4, 0.5) is 11.4 Å². The lowest BCUT2D eigenvalue weighted by molar-refractivity contribution is -0.383. The van der Waals surface area contributed by atoms with E-state index in [1.807, 2.05) is 6.92 Å². The van der Waals surface area contributed by atoms with Gasteiger partial charge in [-0.05, 0) is 34.5 Å². The minimum absolute atomic E-state index is 0.105. The standard InChI is InChI=1S/C8H8BrClN2O2/c1-4-3-5(11-2)8(12(13)14)7(10)6(4)9/h3,11H,1-2H3. The Labute approximate surface area is 94.5 Å². The van der Waals surface area contributed by atoms with E-state index in [0.29, 0.717) is 10.2 Å². The normalized spacial score (nSPS) is 10.0. The molecule has 0 aromatic heterocycles. The average Bonchev–Trinajstić information content (AvgIpc) is 2.12. The topological polar surface area (TPSA) is 55.2 Å². The van der Waals surface area contributed by atoms with Crippen LogP contribution in [0.25, 0.3) is 0 Å². The van der Waals surface area contributed by atoms with Crippen molar-refractivity contribution in [3.63, 3.8) is 0 Å². The van der Waals surface area contributed by atoms with Gasteiger partial charge in [0.25, 0.3) is 0 Å². The van der Waals surface area contributed by atoms with Crippen molar-refractivity contribution in [3.8, 4) is 0 Å². The summed E-state index contributed by atoms with van der Waals surface area (Å²) in [5.74, 6) is 0. The van der Waals surface area contributed by atoms with Gasteiger partial charge >= 0.3 is 5.69 Å². The summed E-state index contributed by atoms with van der Waals surface area (Å²) in [4.78, 5) is 10.2. The summed E-state index contributed by atoms with van der Waals surface area (Å²) >= 11 is 9.05.